The van der Waals surface area contributed by atoms with Crippen molar-refractivity contribution in [1.82, 2.24) is 10.2 Å². The zero-order valence-electron chi connectivity index (χ0n) is 10.3. The summed E-state index contributed by atoms with van der Waals surface area (Å²) < 4.78 is 5.18. The number of benzene rings is 1. The van der Waals surface area contributed by atoms with Crippen molar-refractivity contribution in [2.24, 2.45) is 0 Å². The van der Waals surface area contributed by atoms with Crippen LogP contribution in [0.3, 0.4) is 0 Å². The van der Waals surface area contributed by atoms with Crippen LogP contribution < -0.4 is 10.1 Å². The number of rotatable bonds is 3. The van der Waals surface area contributed by atoms with E-state index in [1.165, 1.54) is 0 Å². The molecule has 1 saturated heterocycles. The number of para-hydroxylation sites is 1. The number of carbonyl (C=O) groups is 1. The number of carbonyl (C=O) groups excluding carboxylic acids is 1. The van der Waals surface area contributed by atoms with Crippen molar-refractivity contribution in [1.29, 1.82) is 0 Å². The molecule has 1 aromatic rings. The van der Waals surface area contributed by atoms with Crippen molar-refractivity contribution >= 4 is 5.91 Å². The predicted octanol–water partition coefficient (Wildman–Crippen LogP) is 1.13. The van der Waals surface area contributed by atoms with Gasteiger partial charge in [-0.3, -0.25) is 4.79 Å². The van der Waals surface area contributed by atoms with Gasteiger partial charge in [0.2, 0.25) is 0 Å². The van der Waals surface area contributed by atoms with E-state index in [-0.39, 0.29) is 11.9 Å². The number of hydrogen-bond donors (Lipinski definition) is 1. The van der Waals surface area contributed by atoms with E-state index in [2.05, 4.69) is 17.3 Å². The summed E-state index contributed by atoms with van der Waals surface area (Å²) in [6, 6.07) is 7.54. The van der Waals surface area contributed by atoms with E-state index in [1.54, 1.807) is 19.2 Å². The van der Waals surface area contributed by atoms with Crippen LogP contribution in [0.4, 0.5) is 0 Å². The molecule has 1 aromatic carbocycles. The van der Waals surface area contributed by atoms with Gasteiger partial charge in [0.15, 0.2) is 0 Å². The first kappa shape index (κ1) is 11.9. The fourth-order valence-electron chi connectivity index (χ4n) is 2.15. The van der Waals surface area contributed by atoms with Crippen LogP contribution in [0.2, 0.25) is 0 Å². The Kier molecular flexibility index (Phi) is 3.64. The van der Waals surface area contributed by atoms with Gasteiger partial charge in [-0.05, 0) is 32.1 Å². The molecule has 92 valence electrons. The largest absolute Gasteiger partial charge is 0.496 e. The van der Waals surface area contributed by atoms with Gasteiger partial charge >= 0.3 is 0 Å². The van der Waals surface area contributed by atoms with E-state index in [4.69, 9.17) is 4.74 Å². The summed E-state index contributed by atoms with van der Waals surface area (Å²) in [5.74, 6) is 0.569. The molecule has 1 amide bonds. The fourth-order valence-corrected chi connectivity index (χ4v) is 2.15. The van der Waals surface area contributed by atoms with E-state index in [0.717, 1.165) is 19.5 Å². The first-order valence-electron chi connectivity index (χ1n) is 5.83. The van der Waals surface area contributed by atoms with Crippen LogP contribution in [0.25, 0.3) is 0 Å². The Bertz CT molecular complexity index is 406. The Labute approximate surface area is 102 Å². The number of ether oxygens (including phenoxy) is 1. The van der Waals surface area contributed by atoms with Crippen LogP contribution in [-0.2, 0) is 0 Å². The lowest BCUT2D eigenvalue weighted by atomic mass is 10.1. The standard InChI is InChI=1S/C13H18N2O2/c1-15-8-7-10(9-15)14-13(16)11-5-3-4-6-12(11)17-2/h3-6,10H,7-9H2,1-2H3,(H,14,16). The van der Waals surface area contributed by atoms with Crippen molar-refractivity contribution in [3.8, 4) is 5.75 Å². The lowest BCUT2D eigenvalue weighted by molar-refractivity contribution is 0.0935. The normalized spacial score (nSPS) is 20.2. The van der Waals surface area contributed by atoms with E-state index in [0.29, 0.717) is 11.3 Å². The molecular formula is C13H18N2O2. The lowest BCUT2D eigenvalue weighted by Crippen LogP contribution is -2.36. The van der Waals surface area contributed by atoms with Gasteiger partial charge in [0.1, 0.15) is 5.75 Å². The predicted molar refractivity (Wildman–Crippen MR) is 66.4 cm³/mol. The molecule has 0 bridgehead atoms. The second kappa shape index (κ2) is 5.19. The maximum Gasteiger partial charge on any atom is 0.255 e. The van der Waals surface area contributed by atoms with E-state index in [1.807, 2.05) is 12.1 Å². The first-order valence-corrected chi connectivity index (χ1v) is 5.83. The van der Waals surface area contributed by atoms with Gasteiger partial charge in [0.25, 0.3) is 5.91 Å². The molecule has 4 heteroatoms. The smallest absolute Gasteiger partial charge is 0.255 e. The van der Waals surface area contributed by atoms with Gasteiger partial charge in [0, 0.05) is 12.6 Å². The Balaban J connectivity index is 2.04. The molecule has 1 fully saturated rings. The van der Waals surface area contributed by atoms with E-state index < -0.39 is 0 Å². The molecule has 0 aliphatic carbocycles. The second-order valence-electron chi connectivity index (χ2n) is 4.42. The molecular weight excluding hydrogens is 216 g/mol. The van der Waals surface area contributed by atoms with Gasteiger partial charge in [-0.2, -0.15) is 0 Å². The molecule has 1 N–H and O–H groups in total. The summed E-state index contributed by atoms with van der Waals surface area (Å²) >= 11 is 0. The SMILES string of the molecule is COc1ccccc1C(=O)NC1CCN(C)C1. The van der Waals surface area contributed by atoms with E-state index >= 15 is 0 Å². The minimum Gasteiger partial charge on any atom is -0.496 e. The second-order valence-corrected chi connectivity index (χ2v) is 4.42. The van der Waals surface area contributed by atoms with Crippen molar-refractivity contribution in [2.75, 3.05) is 27.2 Å². The summed E-state index contributed by atoms with van der Waals surface area (Å²) in [4.78, 5) is 14.3. The highest BCUT2D eigenvalue weighted by Gasteiger charge is 2.22. The Morgan fingerprint density at radius 2 is 2.24 bits per heavy atom. The highest BCUT2D eigenvalue weighted by molar-refractivity contribution is 5.97. The van der Waals surface area contributed by atoms with Gasteiger partial charge in [0.05, 0.1) is 12.7 Å². The zero-order chi connectivity index (χ0) is 12.3. The number of likely N-dealkylation sites (N-methyl/N-ethyl adjacent to an activating group) is 1. The van der Waals surface area contributed by atoms with Crippen LogP contribution >= 0.6 is 0 Å². The Morgan fingerprint density at radius 3 is 2.88 bits per heavy atom. The lowest BCUT2D eigenvalue weighted by Gasteiger charge is -2.14. The number of likely N-dealkylation sites (tertiary alicyclic amines) is 1. The molecule has 1 atom stereocenters. The van der Waals surface area contributed by atoms with Gasteiger partial charge in [-0.1, -0.05) is 12.1 Å². The van der Waals surface area contributed by atoms with Crippen LogP contribution in [0.15, 0.2) is 24.3 Å². The van der Waals surface area contributed by atoms with Gasteiger partial charge < -0.3 is 15.0 Å². The quantitative estimate of drug-likeness (QED) is 0.852. The number of amides is 1. The number of methoxy groups -OCH3 is 1. The molecule has 0 aromatic heterocycles. The average Bonchev–Trinajstić information content (AvgIpc) is 2.74. The average molecular weight is 234 g/mol. The summed E-state index contributed by atoms with van der Waals surface area (Å²) in [6.07, 6.45) is 1.01. The van der Waals surface area contributed by atoms with Crippen molar-refractivity contribution < 1.29 is 9.53 Å². The molecule has 1 aliphatic rings. The monoisotopic (exact) mass is 234 g/mol. The number of nitrogens with zero attached hydrogens (tertiary/aromatic N) is 1. The van der Waals surface area contributed by atoms with Crippen molar-refractivity contribution in [3.63, 3.8) is 0 Å². The molecule has 1 heterocycles. The van der Waals surface area contributed by atoms with E-state index in [9.17, 15) is 4.79 Å². The molecule has 17 heavy (non-hydrogen) atoms. The molecule has 0 saturated carbocycles. The third kappa shape index (κ3) is 2.77. The molecule has 0 spiro atoms. The number of nitrogens with one attached hydrogen (secondary N) is 1. The third-order valence-corrected chi connectivity index (χ3v) is 3.08. The summed E-state index contributed by atoms with van der Waals surface area (Å²) in [5.41, 5.74) is 0.601. The molecule has 4 nitrogen and oxygen atoms in total. The van der Waals surface area contributed by atoms with Gasteiger partial charge in [-0.25, -0.2) is 0 Å². The molecule has 2 rings (SSSR count). The van der Waals surface area contributed by atoms with Crippen molar-refractivity contribution in [3.05, 3.63) is 29.8 Å². The third-order valence-electron chi connectivity index (χ3n) is 3.08. The molecule has 1 aliphatic heterocycles. The molecule has 1 unspecified atom stereocenters. The van der Waals surface area contributed by atoms with Crippen LogP contribution in [0.1, 0.15) is 16.8 Å². The topological polar surface area (TPSA) is 41.6 Å². The fraction of sp³-hybridized carbons (Fsp3) is 0.462. The first-order chi connectivity index (χ1) is 8.20. The number of hydrogen-bond acceptors (Lipinski definition) is 3. The maximum absolute atomic E-state index is 12.1. The zero-order valence-corrected chi connectivity index (χ0v) is 10.3. The molecule has 0 radical (unpaired) electrons. The van der Waals surface area contributed by atoms with Crippen LogP contribution in [-0.4, -0.2) is 44.1 Å². The van der Waals surface area contributed by atoms with Gasteiger partial charge in [-0.15, -0.1) is 0 Å². The minimum absolute atomic E-state index is 0.0530. The minimum atomic E-state index is -0.0530. The summed E-state index contributed by atoms with van der Waals surface area (Å²) in [6.45, 7) is 1.96. The summed E-state index contributed by atoms with van der Waals surface area (Å²) in [5, 5.41) is 3.04. The summed E-state index contributed by atoms with van der Waals surface area (Å²) in [7, 11) is 3.64. The highest BCUT2D eigenvalue weighted by Crippen LogP contribution is 2.17. The van der Waals surface area contributed by atoms with Crippen LogP contribution in [0, 0.1) is 0 Å². The highest BCUT2D eigenvalue weighted by atomic mass is 16.5. The van der Waals surface area contributed by atoms with Crippen LogP contribution in [0.5, 0.6) is 5.75 Å². The van der Waals surface area contributed by atoms with Crippen molar-refractivity contribution in [2.45, 2.75) is 12.5 Å². The Hall–Kier alpha value is -1.55. The maximum atomic E-state index is 12.1. The Morgan fingerprint density at radius 1 is 1.47 bits per heavy atom.